The second-order valence-corrected chi connectivity index (χ2v) is 6.17. The molecule has 2 unspecified atom stereocenters. The van der Waals surface area contributed by atoms with Crippen molar-refractivity contribution >= 4 is 5.91 Å². The highest BCUT2D eigenvalue weighted by molar-refractivity contribution is 5.80. The van der Waals surface area contributed by atoms with Crippen molar-refractivity contribution in [2.24, 2.45) is 11.8 Å². The normalized spacial score (nSPS) is 35.3. The molecule has 1 saturated carbocycles. The molecule has 1 aliphatic carbocycles. The molecule has 0 aromatic carbocycles. The first-order chi connectivity index (χ1) is 9.13. The first kappa shape index (κ1) is 14.8. The van der Waals surface area contributed by atoms with Gasteiger partial charge in [0.05, 0.1) is 19.1 Å². The van der Waals surface area contributed by atoms with Crippen molar-refractivity contribution in [1.82, 2.24) is 10.2 Å². The van der Waals surface area contributed by atoms with Gasteiger partial charge < -0.3 is 15.0 Å². The van der Waals surface area contributed by atoms with Gasteiger partial charge in [0.15, 0.2) is 0 Å². The standard InChI is InChI=1S/C15H28N2O2/c1-4-16-14-10-19-9-13(14)15(18)17(3)12-7-5-11(2)6-8-12/h11-14,16H,4-10H2,1-3H3. The topological polar surface area (TPSA) is 41.6 Å². The lowest BCUT2D eigenvalue weighted by atomic mass is 9.86. The maximum absolute atomic E-state index is 12.6. The number of hydrogen-bond acceptors (Lipinski definition) is 3. The van der Waals surface area contributed by atoms with Crippen LogP contribution >= 0.6 is 0 Å². The summed E-state index contributed by atoms with van der Waals surface area (Å²) in [5, 5.41) is 3.37. The van der Waals surface area contributed by atoms with E-state index >= 15 is 0 Å². The Kier molecular flexibility index (Phi) is 5.22. The molecule has 19 heavy (non-hydrogen) atoms. The summed E-state index contributed by atoms with van der Waals surface area (Å²) in [6, 6.07) is 0.633. The zero-order valence-electron chi connectivity index (χ0n) is 12.5. The number of nitrogens with zero attached hydrogens (tertiary/aromatic N) is 1. The van der Waals surface area contributed by atoms with E-state index in [1.165, 1.54) is 12.8 Å². The van der Waals surface area contributed by atoms with Gasteiger partial charge in [-0.1, -0.05) is 13.8 Å². The van der Waals surface area contributed by atoms with E-state index in [4.69, 9.17) is 4.74 Å². The minimum atomic E-state index is 0.00398. The smallest absolute Gasteiger partial charge is 0.229 e. The van der Waals surface area contributed by atoms with Crippen molar-refractivity contribution in [2.75, 3.05) is 26.8 Å². The average Bonchev–Trinajstić information content (AvgIpc) is 2.87. The molecule has 0 spiro atoms. The lowest BCUT2D eigenvalue weighted by molar-refractivity contribution is -0.137. The van der Waals surface area contributed by atoms with Gasteiger partial charge in [0.1, 0.15) is 0 Å². The van der Waals surface area contributed by atoms with Gasteiger partial charge in [0.25, 0.3) is 0 Å². The third-order valence-corrected chi connectivity index (χ3v) is 4.74. The molecule has 1 saturated heterocycles. The molecule has 0 radical (unpaired) electrons. The van der Waals surface area contributed by atoms with Crippen LogP contribution in [-0.2, 0) is 9.53 Å². The Balaban J connectivity index is 1.91. The fraction of sp³-hybridized carbons (Fsp3) is 0.933. The van der Waals surface area contributed by atoms with Crippen LogP contribution in [-0.4, -0.2) is 49.7 Å². The molecule has 0 bridgehead atoms. The Bertz CT molecular complexity index is 301. The van der Waals surface area contributed by atoms with Crippen LogP contribution in [0.4, 0.5) is 0 Å². The van der Waals surface area contributed by atoms with Gasteiger partial charge >= 0.3 is 0 Å². The third kappa shape index (κ3) is 3.48. The highest BCUT2D eigenvalue weighted by Gasteiger charge is 2.37. The fourth-order valence-electron chi connectivity index (χ4n) is 3.33. The molecule has 4 heteroatoms. The fourth-order valence-corrected chi connectivity index (χ4v) is 3.33. The number of nitrogens with one attached hydrogen (secondary N) is 1. The molecule has 4 nitrogen and oxygen atoms in total. The van der Waals surface area contributed by atoms with Gasteiger partial charge in [-0.3, -0.25) is 4.79 Å². The molecule has 0 aromatic heterocycles. The SMILES string of the molecule is CCNC1COCC1C(=O)N(C)C1CCC(C)CC1. The van der Waals surface area contributed by atoms with Crippen molar-refractivity contribution in [3.63, 3.8) is 0 Å². The third-order valence-electron chi connectivity index (χ3n) is 4.74. The number of ether oxygens (including phenoxy) is 1. The second-order valence-electron chi connectivity index (χ2n) is 6.17. The summed E-state index contributed by atoms with van der Waals surface area (Å²) in [6.07, 6.45) is 4.81. The molecular formula is C15H28N2O2. The lowest BCUT2D eigenvalue weighted by Gasteiger charge is -2.35. The van der Waals surface area contributed by atoms with Crippen LogP contribution in [0.15, 0.2) is 0 Å². The van der Waals surface area contributed by atoms with E-state index in [0.717, 1.165) is 25.3 Å². The van der Waals surface area contributed by atoms with Crippen LogP contribution in [0.3, 0.4) is 0 Å². The van der Waals surface area contributed by atoms with Crippen LogP contribution in [0.1, 0.15) is 39.5 Å². The van der Waals surface area contributed by atoms with Crippen molar-refractivity contribution < 1.29 is 9.53 Å². The molecule has 1 heterocycles. The summed E-state index contributed by atoms with van der Waals surface area (Å²) in [5.41, 5.74) is 0. The number of likely N-dealkylation sites (N-methyl/N-ethyl adjacent to an activating group) is 1. The van der Waals surface area contributed by atoms with Crippen molar-refractivity contribution in [1.29, 1.82) is 0 Å². The van der Waals surface area contributed by atoms with Crippen LogP contribution < -0.4 is 5.32 Å². The van der Waals surface area contributed by atoms with E-state index in [-0.39, 0.29) is 17.9 Å². The zero-order valence-corrected chi connectivity index (χ0v) is 12.5. The minimum absolute atomic E-state index is 0.00398. The largest absolute Gasteiger partial charge is 0.379 e. The molecule has 2 rings (SSSR count). The average molecular weight is 268 g/mol. The summed E-state index contributed by atoms with van der Waals surface area (Å²) >= 11 is 0. The first-order valence-corrected chi connectivity index (χ1v) is 7.71. The molecule has 1 N–H and O–H groups in total. The van der Waals surface area contributed by atoms with Gasteiger partial charge in [0, 0.05) is 19.1 Å². The molecule has 2 atom stereocenters. The second kappa shape index (κ2) is 6.71. The Morgan fingerprint density at radius 2 is 1.95 bits per heavy atom. The number of hydrogen-bond donors (Lipinski definition) is 1. The predicted octanol–water partition coefficient (Wildman–Crippen LogP) is 1.65. The molecule has 110 valence electrons. The summed E-state index contributed by atoms with van der Waals surface area (Å²) < 4.78 is 5.49. The molecule has 1 amide bonds. The van der Waals surface area contributed by atoms with Gasteiger partial charge in [-0.05, 0) is 38.1 Å². The zero-order chi connectivity index (χ0) is 13.8. The highest BCUT2D eigenvalue weighted by Crippen LogP contribution is 2.28. The van der Waals surface area contributed by atoms with E-state index in [1.807, 2.05) is 11.9 Å². The monoisotopic (exact) mass is 268 g/mol. The van der Waals surface area contributed by atoms with Crippen LogP contribution in [0, 0.1) is 11.8 Å². The Morgan fingerprint density at radius 3 is 2.58 bits per heavy atom. The molecule has 1 aliphatic heterocycles. The number of carbonyl (C=O) groups is 1. The van der Waals surface area contributed by atoms with Crippen LogP contribution in [0.5, 0.6) is 0 Å². The predicted molar refractivity (Wildman–Crippen MR) is 76.0 cm³/mol. The molecule has 0 aromatic rings. The lowest BCUT2D eigenvalue weighted by Crippen LogP contribution is -2.48. The van der Waals surface area contributed by atoms with Crippen LogP contribution in [0.25, 0.3) is 0 Å². The Morgan fingerprint density at radius 1 is 1.26 bits per heavy atom. The van der Waals surface area contributed by atoms with E-state index in [1.54, 1.807) is 0 Å². The van der Waals surface area contributed by atoms with Crippen LogP contribution in [0.2, 0.25) is 0 Å². The maximum atomic E-state index is 12.6. The number of rotatable bonds is 4. The number of amides is 1. The highest BCUT2D eigenvalue weighted by atomic mass is 16.5. The quantitative estimate of drug-likeness (QED) is 0.843. The van der Waals surface area contributed by atoms with Gasteiger partial charge in [0.2, 0.25) is 5.91 Å². The molecule has 2 fully saturated rings. The van der Waals surface area contributed by atoms with E-state index in [0.29, 0.717) is 19.3 Å². The molecule has 2 aliphatic rings. The summed E-state index contributed by atoms with van der Waals surface area (Å²) in [4.78, 5) is 14.6. The Hall–Kier alpha value is -0.610. The van der Waals surface area contributed by atoms with Gasteiger partial charge in [-0.15, -0.1) is 0 Å². The van der Waals surface area contributed by atoms with E-state index < -0.39 is 0 Å². The van der Waals surface area contributed by atoms with Gasteiger partial charge in [-0.25, -0.2) is 0 Å². The van der Waals surface area contributed by atoms with E-state index in [9.17, 15) is 4.79 Å². The van der Waals surface area contributed by atoms with Gasteiger partial charge in [-0.2, -0.15) is 0 Å². The number of carbonyl (C=O) groups excluding carboxylic acids is 1. The summed E-state index contributed by atoms with van der Waals surface area (Å²) in [5.74, 6) is 1.09. The summed E-state index contributed by atoms with van der Waals surface area (Å²) in [7, 11) is 1.98. The minimum Gasteiger partial charge on any atom is -0.379 e. The van der Waals surface area contributed by atoms with Crippen molar-refractivity contribution in [3.05, 3.63) is 0 Å². The van der Waals surface area contributed by atoms with Crippen molar-refractivity contribution in [3.8, 4) is 0 Å². The van der Waals surface area contributed by atoms with E-state index in [2.05, 4.69) is 19.2 Å². The van der Waals surface area contributed by atoms with Crippen molar-refractivity contribution in [2.45, 2.75) is 51.6 Å². The summed E-state index contributed by atoms with van der Waals surface area (Å²) in [6.45, 7) is 6.52. The maximum Gasteiger partial charge on any atom is 0.229 e. The molecular weight excluding hydrogens is 240 g/mol. The first-order valence-electron chi connectivity index (χ1n) is 7.71. The Labute approximate surface area is 116 Å².